The maximum atomic E-state index is 13.5. The molecule has 2 aliphatic rings. The maximum absolute atomic E-state index is 13.5. The molecule has 4 nitrogen and oxygen atoms in total. The minimum atomic E-state index is -0.0183. The van der Waals surface area contributed by atoms with Gasteiger partial charge in [-0.3, -0.25) is 14.2 Å². The van der Waals surface area contributed by atoms with Crippen LogP contribution in [-0.2, 0) is 13.0 Å². The topological polar surface area (TPSA) is 42.3 Å². The van der Waals surface area contributed by atoms with Crippen molar-refractivity contribution in [3.8, 4) is 0 Å². The van der Waals surface area contributed by atoms with Crippen molar-refractivity contribution in [1.82, 2.24) is 4.57 Å². The summed E-state index contributed by atoms with van der Waals surface area (Å²) in [5, 5.41) is 3.32. The normalized spacial score (nSPS) is 18.4. The third kappa shape index (κ3) is 2.69. The Kier molecular flexibility index (Phi) is 4.42. The largest absolute Gasteiger partial charge is 0.337 e. The van der Waals surface area contributed by atoms with Gasteiger partial charge in [0.05, 0.1) is 5.69 Å². The zero-order valence-corrected chi connectivity index (χ0v) is 19.3. The molecular weight excluding hydrogens is 436 g/mol. The Bertz CT molecular complexity index is 1630. The molecule has 2 heterocycles. The van der Waals surface area contributed by atoms with Crippen molar-refractivity contribution in [3.63, 3.8) is 0 Å². The van der Waals surface area contributed by atoms with Gasteiger partial charge in [-0.25, -0.2) is 0 Å². The molecule has 0 saturated heterocycles. The highest BCUT2D eigenvalue weighted by molar-refractivity contribution is 8.09. The van der Waals surface area contributed by atoms with Crippen molar-refractivity contribution in [2.75, 3.05) is 11.9 Å². The molecule has 1 aliphatic heterocycles. The number of hydrogen-bond acceptors (Lipinski definition) is 5. The number of carbonyl (C=O) groups excluding carboxylic acids is 1. The zero-order chi connectivity index (χ0) is 22.0. The van der Waals surface area contributed by atoms with E-state index in [1.165, 1.54) is 27.0 Å². The van der Waals surface area contributed by atoms with Gasteiger partial charge in [-0.05, 0) is 29.3 Å². The molecule has 0 N–H and O–H groups in total. The summed E-state index contributed by atoms with van der Waals surface area (Å²) < 4.78 is 3.25. The number of anilines is 1. The van der Waals surface area contributed by atoms with Gasteiger partial charge in [0.25, 0.3) is 5.56 Å². The second-order valence-electron chi connectivity index (χ2n) is 8.03. The number of aromatic nitrogens is 1. The molecule has 1 aliphatic carbocycles. The highest BCUT2D eigenvalue weighted by atomic mass is 32.2. The molecule has 0 saturated carbocycles. The third-order valence-electron chi connectivity index (χ3n) is 6.28. The molecule has 6 rings (SSSR count). The molecule has 0 unspecified atom stereocenters. The number of hydrogen-bond donors (Lipinski definition) is 0. The molecule has 0 spiro atoms. The van der Waals surface area contributed by atoms with Gasteiger partial charge < -0.3 is 4.90 Å². The molecule has 0 bridgehead atoms. The van der Waals surface area contributed by atoms with Crippen molar-refractivity contribution >= 4 is 55.9 Å². The average molecular weight is 457 g/mol. The fourth-order valence-corrected chi connectivity index (χ4v) is 7.32. The van der Waals surface area contributed by atoms with Crippen molar-refractivity contribution in [1.29, 1.82) is 0 Å². The van der Waals surface area contributed by atoms with Crippen LogP contribution in [0.15, 0.2) is 70.4 Å². The van der Waals surface area contributed by atoms with Crippen LogP contribution in [0.4, 0.5) is 5.69 Å². The van der Waals surface area contributed by atoms with Crippen molar-refractivity contribution in [2.24, 2.45) is 0 Å². The van der Waals surface area contributed by atoms with Crippen LogP contribution in [0.5, 0.6) is 0 Å². The maximum Gasteiger partial charge on any atom is 0.271 e. The number of thioether (sulfide) groups is 1. The van der Waals surface area contributed by atoms with E-state index in [1.807, 2.05) is 44.3 Å². The van der Waals surface area contributed by atoms with Gasteiger partial charge in [-0.1, -0.05) is 66.4 Å². The van der Waals surface area contributed by atoms with E-state index in [0.717, 1.165) is 32.1 Å². The second-order valence-corrected chi connectivity index (χ2v) is 10.0. The molecule has 0 atom stereocenters. The van der Waals surface area contributed by atoms with Crippen LogP contribution in [0.25, 0.3) is 21.4 Å². The smallest absolute Gasteiger partial charge is 0.271 e. The Morgan fingerprint density at radius 3 is 2.56 bits per heavy atom. The Morgan fingerprint density at radius 2 is 1.75 bits per heavy atom. The van der Waals surface area contributed by atoms with Crippen molar-refractivity contribution < 1.29 is 4.79 Å². The minimum Gasteiger partial charge on any atom is -0.337 e. The highest BCUT2D eigenvalue weighted by Gasteiger charge is 2.29. The van der Waals surface area contributed by atoms with E-state index in [1.54, 1.807) is 16.3 Å². The summed E-state index contributed by atoms with van der Waals surface area (Å²) in [4.78, 5) is 29.9. The summed E-state index contributed by atoms with van der Waals surface area (Å²) in [5.74, 6) is 0.0438. The number of ketones is 1. The van der Waals surface area contributed by atoms with Gasteiger partial charge in [0.15, 0.2) is 5.78 Å². The summed E-state index contributed by atoms with van der Waals surface area (Å²) in [6.45, 7) is 2.50. The monoisotopic (exact) mass is 456 g/mol. The lowest BCUT2D eigenvalue weighted by Gasteiger charge is -2.12. The molecule has 32 heavy (non-hydrogen) atoms. The molecular formula is C26H20N2O2S2. The standard InChI is InChI=1S/C26H20N2O2S2/c1-3-28-24(30)23(32-25(28)19-14-16-9-5-6-10-17(16)21(19)29)26-27(2)20-13-12-15-8-4-7-11-18(15)22(20)31-26/h4-13H,3,14H2,1-2H3/b25-19+,26-23-. The van der Waals surface area contributed by atoms with Crippen LogP contribution in [0.1, 0.15) is 22.8 Å². The zero-order valence-electron chi connectivity index (χ0n) is 17.7. The molecule has 0 amide bonds. The molecule has 0 radical (unpaired) electrons. The number of carbonyl (C=O) groups is 1. The summed E-state index contributed by atoms with van der Waals surface area (Å²) in [6.07, 6.45) is 0.581. The average Bonchev–Trinajstić information content (AvgIpc) is 3.45. The third-order valence-corrected chi connectivity index (χ3v) is 8.94. The predicted octanol–water partition coefficient (Wildman–Crippen LogP) is 3.98. The Labute approximate surface area is 193 Å². The number of nitrogens with zero attached hydrogens (tertiary/aromatic N) is 2. The Balaban J connectivity index is 1.60. The summed E-state index contributed by atoms with van der Waals surface area (Å²) >= 11 is 3.10. The van der Waals surface area contributed by atoms with Gasteiger partial charge in [-0.2, -0.15) is 0 Å². The van der Waals surface area contributed by atoms with E-state index >= 15 is 0 Å². The SMILES string of the molecule is CCn1c(=O)/c(=C2/Sc3c(ccc4ccccc34)N2C)s/c1=C1\Cc2ccccc2C1=O. The van der Waals surface area contributed by atoms with Crippen LogP contribution in [0.3, 0.4) is 0 Å². The Hall–Kier alpha value is -3.09. The highest BCUT2D eigenvalue weighted by Crippen LogP contribution is 2.48. The number of thiazole rings is 1. The van der Waals surface area contributed by atoms with Crippen LogP contribution < -0.4 is 19.7 Å². The van der Waals surface area contributed by atoms with Crippen molar-refractivity contribution in [2.45, 2.75) is 24.8 Å². The lowest BCUT2D eigenvalue weighted by Crippen LogP contribution is -2.34. The number of benzene rings is 3. The van der Waals surface area contributed by atoms with E-state index in [2.05, 4.69) is 35.2 Å². The lowest BCUT2D eigenvalue weighted by molar-refractivity contribution is 0.105. The summed E-state index contributed by atoms with van der Waals surface area (Å²) in [7, 11) is 2.02. The van der Waals surface area contributed by atoms with Gasteiger partial charge >= 0.3 is 0 Å². The first-order valence-electron chi connectivity index (χ1n) is 10.6. The first-order chi connectivity index (χ1) is 15.6. The van der Waals surface area contributed by atoms with Crippen LogP contribution >= 0.6 is 23.1 Å². The van der Waals surface area contributed by atoms with Gasteiger partial charge in [-0.15, -0.1) is 11.3 Å². The van der Waals surface area contributed by atoms with E-state index in [9.17, 15) is 9.59 Å². The van der Waals surface area contributed by atoms with E-state index in [0.29, 0.717) is 17.5 Å². The molecule has 6 heteroatoms. The van der Waals surface area contributed by atoms with Gasteiger partial charge in [0, 0.05) is 36.0 Å². The van der Waals surface area contributed by atoms with Crippen LogP contribution in [0.2, 0.25) is 0 Å². The molecule has 158 valence electrons. The minimum absolute atomic E-state index is 0.0183. The lowest BCUT2D eigenvalue weighted by atomic mass is 10.1. The Morgan fingerprint density at radius 1 is 0.969 bits per heavy atom. The first kappa shape index (κ1) is 19.6. The number of rotatable bonds is 1. The quantitative estimate of drug-likeness (QED) is 0.435. The van der Waals surface area contributed by atoms with Gasteiger partial charge in [0.2, 0.25) is 0 Å². The van der Waals surface area contributed by atoms with E-state index < -0.39 is 0 Å². The fraction of sp³-hybridized carbons (Fsp3) is 0.154. The van der Waals surface area contributed by atoms with Crippen LogP contribution in [-0.4, -0.2) is 17.4 Å². The van der Waals surface area contributed by atoms with E-state index in [-0.39, 0.29) is 11.3 Å². The van der Waals surface area contributed by atoms with Crippen molar-refractivity contribution in [3.05, 3.63) is 91.3 Å². The van der Waals surface area contributed by atoms with E-state index in [4.69, 9.17) is 0 Å². The summed E-state index contributed by atoms with van der Waals surface area (Å²) in [6, 6.07) is 20.3. The first-order valence-corrected chi connectivity index (χ1v) is 12.2. The van der Waals surface area contributed by atoms with Gasteiger partial charge in [0.1, 0.15) is 14.2 Å². The second kappa shape index (κ2) is 7.22. The fourth-order valence-electron chi connectivity index (χ4n) is 4.64. The molecule has 3 aromatic carbocycles. The predicted molar refractivity (Wildman–Crippen MR) is 133 cm³/mol. The number of Topliss-reactive ketones (excluding diaryl/α,β-unsaturated/α-hetero) is 1. The molecule has 1 aromatic heterocycles. The van der Waals surface area contributed by atoms with Crippen LogP contribution in [0, 0.1) is 0 Å². The molecule has 4 aromatic rings. The summed E-state index contributed by atoms with van der Waals surface area (Å²) in [5.41, 5.74) is 3.62. The molecule has 0 fully saturated rings. The number of fused-ring (bicyclic) bond motifs is 4.